The van der Waals surface area contributed by atoms with Crippen LogP contribution in [0.15, 0.2) is 30.3 Å². The van der Waals surface area contributed by atoms with E-state index in [9.17, 15) is 0 Å². The molecular weight excluding hydrogens is 284 g/mol. The number of hydrogen-bond donors (Lipinski definition) is 1. The van der Waals surface area contributed by atoms with Crippen molar-refractivity contribution in [2.45, 2.75) is 9.65 Å². The van der Waals surface area contributed by atoms with Crippen molar-refractivity contribution < 1.29 is 5.11 Å². The lowest BCUT2D eigenvalue weighted by Gasteiger charge is -2.14. The minimum Gasteiger partial charge on any atom is -0.395 e. The van der Waals surface area contributed by atoms with Crippen LogP contribution in [0.3, 0.4) is 0 Å². The van der Waals surface area contributed by atoms with E-state index >= 15 is 0 Å². The second kappa shape index (κ2) is 5.00. The summed E-state index contributed by atoms with van der Waals surface area (Å²) in [6, 6.07) is 10.0. The van der Waals surface area contributed by atoms with Gasteiger partial charge in [0, 0.05) is 0 Å². The van der Waals surface area contributed by atoms with Crippen LogP contribution in [0.1, 0.15) is 10.4 Å². The molecule has 1 nitrogen and oxygen atoms in total. The quantitative estimate of drug-likeness (QED) is 0.850. The summed E-state index contributed by atoms with van der Waals surface area (Å²) in [5.41, 5.74) is 1.17. The van der Waals surface area contributed by atoms with Crippen molar-refractivity contribution in [1.82, 2.24) is 0 Å². The van der Waals surface area contributed by atoms with E-state index in [1.807, 2.05) is 30.3 Å². The van der Waals surface area contributed by atoms with Crippen LogP contribution in [-0.2, 0) is 0 Å². The summed E-state index contributed by atoms with van der Waals surface area (Å²) in [7, 11) is 0. The van der Waals surface area contributed by atoms with Gasteiger partial charge in [-0.2, -0.15) is 0 Å². The number of halogens is 2. The van der Waals surface area contributed by atoms with Gasteiger partial charge in [0.05, 0.1) is 16.3 Å². The summed E-state index contributed by atoms with van der Waals surface area (Å²) >= 11 is 6.89. The van der Waals surface area contributed by atoms with Crippen molar-refractivity contribution >= 4 is 31.9 Å². The highest BCUT2D eigenvalue weighted by atomic mass is 79.9. The van der Waals surface area contributed by atoms with E-state index in [1.165, 1.54) is 5.56 Å². The highest BCUT2D eigenvalue weighted by Crippen LogP contribution is 2.30. The van der Waals surface area contributed by atoms with Crippen LogP contribution in [0.5, 0.6) is 0 Å². The van der Waals surface area contributed by atoms with Crippen LogP contribution in [0.25, 0.3) is 0 Å². The maximum absolute atomic E-state index is 8.89. The molecule has 1 aromatic rings. The van der Waals surface area contributed by atoms with Gasteiger partial charge in [-0.25, -0.2) is 0 Å². The van der Waals surface area contributed by atoms with Gasteiger partial charge in [-0.15, -0.1) is 0 Å². The van der Waals surface area contributed by atoms with Crippen LogP contribution < -0.4 is 0 Å². The molecule has 3 heteroatoms. The summed E-state index contributed by atoms with van der Waals surface area (Å²) < 4.78 is 0. The molecule has 66 valence electrons. The molecular formula is C9H10Br2O. The monoisotopic (exact) mass is 292 g/mol. The fourth-order valence-corrected chi connectivity index (χ4v) is 1.72. The average Bonchev–Trinajstić information content (AvgIpc) is 2.17. The lowest BCUT2D eigenvalue weighted by Crippen LogP contribution is -2.10. The Labute approximate surface area is 89.1 Å². The van der Waals surface area contributed by atoms with Gasteiger partial charge in [0.1, 0.15) is 0 Å². The zero-order valence-electron chi connectivity index (χ0n) is 6.45. The SMILES string of the molecule is OC[C@H](Br)[C@H](Br)c1ccccc1. The third kappa shape index (κ3) is 2.57. The average molecular weight is 294 g/mol. The van der Waals surface area contributed by atoms with Crippen molar-refractivity contribution in [2.24, 2.45) is 0 Å². The fraction of sp³-hybridized carbons (Fsp3) is 0.333. The van der Waals surface area contributed by atoms with Crippen LogP contribution in [0.4, 0.5) is 0 Å². The molecule has 0 saturated heterocycles. The Balaban J connectivity index is 2.71. The molecule has 1 rings (SSSR count). The molecule has 0 aliphatic carbocycles. The van der Waals surface area contributed by atoms with Crippen molar-refractivity contribution in [3.05, 3.63) is 35.9 Å². The normalized spacial score (nSPS) is 15.6. The number of hydrogen-bond acceptors (Lipinski definition) is 1. The Kier molecular flexibility index (Phi) is 4.26. The van der Waals surface area contributed by atoms with Gasteiger partial charge in [0.15, 0.2) is 0 Å². The standard InChI is InChI=1S/C9H10Br2O/c10-8(6-12)9(11)7-4-2-1-3-5-7/h1-5,8-9,12H,6H2/t8-,9+/m0/s1. The van der Waals surface area contributed by atoms with Gasteiger partial charge < -0.3 is 5.11 Å². The molecule has 0 saturated carbocycles. The summed E-state index contributed by atoms with van der Waals surface area (Å²) in [5, 5.41) is 8.89. The minimum atomic E-state index is 0.0694. The lowest BCUT2D eigenvalue weighted by atomic mass is 10.1. The molecule has 0 aromatic heterocycles. The van der Waals surface area contributed by atoms with Crippen molar-refractivity contribution in [3.8, 4) is 0 Å². The third-order valence-electron chi connectivity index (χ3n) is 1.61. The number of rotatable bonds is 3. The number of benzene rings is 1. The predicted octanol–water partition coefficient (Wildman–Crippen LogP) is 2.88. The zero-order valence-corrected chi connectivity index (χ0v) is 9.62. The highest BCUT2D eigenvalue weighted by molar-refractivity contribution is 9.12. The van der Waals surface area contributed by atoms with Crippen molar-refractivity contribution in [3.63, 3.8) is 0 Å². The molecule has 0 aliphatic rings. The maximum Gasteiger partial charge on any atom is 0.0570 e. The van der Waals surface area contributed by atoms with E-state index in [0.717, 1.165) is 0 Å². The van der Waals surface area contributed by atoms with E-state index in [-0.39, 0.29) is 16.3 Å². The first kappa shape index (κ1) is 10.2. The number of aliphatic hydroxyl groups is 1. The first-order valence-corrected chi connectivity index (χ1v) is 5.52. The van der Waals surface area contributed by atoms with Crippen LogP contribution in [0, 0.1) is 0 Å². The molecule has 0 bridgehead atoms. The Morgan fingerprint density at radius 1 is 1.17 bits per heavy atom. The summed E-state index contributed by atoms with van der Waals surface area (Å²) in [5.74, 6) is 0. The van der Waals surface area contributed by atoms with E-state index in [1.54, 1.807) is 0 Å². The van der Waals surface area contributed by atoms with Crippen molar-refractivity contribution in [1.29, 1.82) is 0 Å². The molecule has 0 heterocycles. The maximum atomic E-state index is 8.89. The van der Waals surface area contributed by atoms with Gasteiger partial charge in [-0.05, 0) is 5.56 Å². The molecule has 0 spiro atoms. The third-order valence-corrected chi connectivity index (χ3v) is 4.30. The molecule has 0 unspecified atom stereocenters. The highest BCUT2D eigenvalue weighted by Gasteiger charge is 2.15. The van der Waals surface area contributed by atoms with Gasteiger partial charge in [-0.1, -0.05) is 62.2 Å². The molecule has 1 N–H and O–H groups in total. The minimum absolute atomic E-state index is 0.0694. The smallest absolute Gasteiger partial charge is 0.0570 e. The Morgan fingerprint density at radius 2 is 1.75 bits per heavy atom. The zero-order chi connectivity index (χ0) is 8.97. The number of aliphatic hydroxyl groups excluding tert-OH is 1. The topological polar surface area (TPSA) is 20.2 Å². The first-order chi connectivity index (χ1) is 5.75. The largest absolute Gasteiger partial charge is 0.395 e. The predicted molar refractivity (Wildman–Crippen MR) is 57.9 cm³/mol. The Morgan fingerprint density at radius 3 is 2.25 bits per heavy atom. The van der Waals surface area contributed by atoms with E-state index in [4.69, 9.17) is 5.11 Å². The molecule has 12 heavy (non-hydrogen) atoms. The second-order valence-corrected chi connectivity index (χ2v) is 4.67. The first-order valence-electron chi connectivity index (χ1n) is 3.69. The van der Waals surface area contributed by atoms with Crippen molar-refractivity contribution in [2.75, 3.05) is 6.61 Å². The van der Waals surface area contributed by atoms with Crippen LogP contribution in [-0.4, -0.2) is 16.5 Å². The molecule has 0 amide bonds. The summed E-state index contributed by atoms with van der Waals surface area (Å²) in [4.78, 5) is 0.239. The van der Waals surface area contributed by atoms with Gasteiger partial charge >= 0.3 is 0 Å². The summed E-state index contributed by atoms with van der Waals surface area (Å²) in [6.45, 7) is 0.130. The van der Waals surface area contributed by atoms with E-state index in [0.29, 0.717) is 0 Å². The molecule has 0 aliphatic heterocycles. The van der Waals surface area contributed by atoms with Gasteiger partial charge in [0.2, 0.25) is 0 Å². The van der Waals surface area contributed by atoms with Gasteiger partial charge in [0.25, 0.3) is 0 Å². The summed E-state index contributed by atoms with van der Waals surface area (Å²) in [6.07, 6.45) is 0. The van der Waals surface area contributed by atoms with E-state index in [2.05, 4.69) is 31.9 Å². The van der Waals surface area contributed by atoms with Gasteiger partial charge in [-0.3, -0.25) is 0 Å². The molecule has 0 radical (unpaired) electrons. The lowest BCUT2D eigenvalue weighted by molar-refractivity contribution is 0.296. The number of alkyl halides is 2. The molecule has 0 fully saturated rings. The molecule has 2 atom stereocenters. The molecule has 1 aromatic carbocycles. The Hall–Kier alpha value is 0.140. The fourth-order valence-electron chi connectivity index (χ4n) is 0.938. The van der Waals surface area contributed by atoms with Crippen LogP contribution in [0.2, 0.25) is 0 Å². The second-order valence-electron chi connectivity index (χ2n) is 2.51. The van der Waals surface area contributed by atoms with Crippen LogP contribution >= 0.6 is 31.9 Å². The van der Waals surface area contributed by atoms with E-state index < -0.39 is 0 Å². The Bertz CT molecular complexity index is 225.